The molecular weight excluding hydrogens is 284 g/mol. The number of rotatable bonds is 7. The minimum absolute atomic E-state index is 0.0805. The molecule has 2 aromatic rings. The number of nitrogens with zero attached hydrogens (tertiary/aromatic N) is 3. The van der Waals surface area contributed by atoms with Crippen LogP contribution in [0.2, 0.25) is 0 Å². The summed E-state index contributed by atoms with van der Waals surface area (Å²) < 4.78 is 1.71. The Hall–Kier alpha value is -1.24. The molecule has 21 heavy (non-hydrogen) atoms. The maximum absolute atomic E-state index is 12.5. The standard InChI is InChI=1S/C15H24N4OS/c1-11-12(2)21-14-13(11)15(20)19(10-17-14)9-7-16-6-5-8-18(3)4/h10,16H,5-9H2,1-4H3. The Morgan fingerprint density at radius 1 is 1.33 bits per heavy atom. The molecule has 0 bridgehead atoms. The molecule has 0 aliphatic heterocycles. The average molecular weight is 308 g/mol. The van der Waals surface area contributed by atoms with Gasteiger partial charge in [0.2, 0.25) is 0 Å². The van der Waals surface area contributed by atoms with E-state index in [0.717, 1.165) is 41.8 Å². The van der Waals surface area contributed by atoms with Crippen LogP contribution < -0.4 is 10.9 Å². The van der Waals surface area contributed by atoms with Crippen LogP contribution in [0.3, 0.4) is 0 Å². The van der Waals surface area contributed by atoms with E-state index in [4.69, 9.17) is 0 Å². The first kappa shape index (κ1) is 16.1. The van der Waals surface area contributed by atoms with Crippen molar-refractivity contribution >= 4 is 21.6 Å². The molecule has 6 heteroatoms. The summed E-state index contributed by atoms with van der Waals surface area (Å²) in [7, 11) is 4.15. The Labute approximate surface area is 129 Å². The van der Waals surface area contributed by atoms with Gasteiger partial charge in [-0.3, -0.25) is 9.36 Å². The van der Waals surface area contributed by atoms with Gasteiger partial charge in [-0.1, -0.05) is 0 Å². The lowest BCUT2D eigenvalue weighted by Gasteiger charge is -2.10. The molecule has 1 N–H and O–H groups in total. The first-order valence-electron chi connectivity index (χ1n) is 7.31. The van der Waals surface area contributed by atoms with Gasteiger partial charge in [-0.05, 0) is 53.0 Å². The molecule has 116 valence electrons. The van der Waals surface area contributed by atoms with Crippen molar-refractivity contribution in [1.82, 2.24) is 19.8 Å². The fraction of sp³-hybridized carbons (Fsp3) is 0.600. The van der Waals surface area contributed by atoms with Crippen LogP contribution in [0.5, 0.6) is 0 Å². The molecule has 2 aromatic heterocycles. The molecule has 0 aliphatic carbocycles. The number of hydrogen-bond acceptors (Lipinski definition) is 5. The Kier molecular flexibility index (Phi) is 5.50. The van der Waals surface area contributed by atoms with Crippen molar-refractivity contribution in [2.75, 3.05) is 33.7 Å². The molecule has 0 saturated heterocycles. The third kappa shape index (κ3) is 3.90. The third-order valence-corrected chi connectivity index (χ3v) is 4.76. The molecule has 0 spiro atoms. The van der Waals surface area contributed by atoms with Gasteiger partial charge in [0.15, 0.2) is 0 Å². The van der Waals surface area contributed by atoms with Crippen molar-refractivity contribution in [3.05, 3.63) is 27.1 Å². The van der Waals surface area contributed by atoms with Crippen LogP contribution in [0.4, 0.5) is 0 Å². The normalized spacial score (nSPS) is 11.7. The maximum atomic E-state index is 12.5. The van der Waals surface area contributed by atoms with E-state index in [-0.39, 0.29) is 5.56 Å². The Balaban J connectivity index is 1.95. The lowest BCUT2D eigenvalue weighted by atomic mass is 10.2. The van der Waals surface area contributed by atoms with Gasteiger partial charge in [0, 0.05) is 18.0 Å². The summed E-state index contributed by atoms with van der Waals surface area (Å²) in [5, 5.41) is 4.16. The van der Waals surface area contributed by atoms with E-state index in [9.17, 15) is 4.79 Å². The van der Waals surface area contributed by atoms with Crippen LogP contribution in [0.1, 0.15) is 16.9 Å². The van der Waals surface area contributed by atoms with E-state index in [0.29, 0.717) is 6.54 Å². The average Bonchev–Trinajstić information content (AvgIpc) is 2.72. The molecule has 2 heterocycles. The van der Waals surface area contributed by atoms with Gasteiger partial charge >= 0.3 is 0 Å². The van der Waals surface area contributed by atoms with Gasteiger partial charge in [-0.2, -0.15) is 0 Å². The summed E-state index contributed by atoms with van der Waals surface area (Å²) >= 11 is 1.59. The number of hydrogen-bond donors (Lipinski definition) is 1. The van der Waals surface area contributed by atoms with Crippen molar-refractivity contribution in [1.29, 1.82) is 0 Å². The highest BCUT2D eigenvalue weighted by Gasteiger charge is 2.11. The fourth-order valence-corrected chi connectivity index (χ4v) is 3.26. The van der Waals surface area contributed by atoms with Crippen LogP contribution in [0, 0.1) is 13.8 Å². The molecule has 0 amide bonds. The van der Waals surface area contributed by atoms with Crippen LogP contribution >= 0.6 is 11.3 Å². The van der Waals surface area contributed by atoms with Crippen LogP contribution in [-0.2, 0) is 6.54 Å². The Morgan fingerprint density at radius 3 is 2.81 bits per heavy atom. The van der Waals surface area contributed by atoms with Crippen molar-refractivity contribution in [2.45, 2.75) is 26.8 Å². The van der Waals surface area contributed by atoms with Crippen molar-refractivity contribution in [3.8, 4) is 0 Å². The molecule has 0 saturated carbocycles. The summed E-state index contributed by atoms with van der Waals surface area (Å²) in [6.07, 6.45) is 2.78. The quantitative estimate of drug-likeness (QED) is 0.790. The maximum Gasteiger partial charge on any atom is 0.262 e. The molecule has 0 radical (unpaired) electrons. The molecule has 5 nitrogen and oxygen atoms in total. The predicted octanol–water partition coefficient (Wildman–Crippen LogP) is 1.62. The molecule has 0 aliphatic rings. The first-order chi connectivity index (χ1) is 10.0. The second kappa shape index (κ2) is 7.15. The van der Waals surface area contributed by atoms with E-state index in [1.807, 2.05) is 13.8 Å². The highest BCUT2D eigenvalue weighted by Crippen LogP contribution is 2.25. The molecule has 0 unspecified atom stereocenters. The molecule has 0 atom stereocenters. The van der Waals surface area contributed by atoms with Crippen molar-refractivity contribution in [3.63, 3.8) is 0 Å². The zero-order valence-corrected chi connectivity index (χ0v) is 14.1. The number of fused-ring (bicyclic) bond motifs is 1. The smallest absolute Gasteiger partial charge is 0.262 e. The van der Waals surface area contributed by atoms with E-state index >= 15 is 0 Å². The second-order valence-corrected chi connectivity index (χ2v) is 6.82. The summed E-state index contributed by atoms with van der Waals surface area (Å²) in [6, 6.07) is 0. The Bertz CT molecular complexity index is 659. The molecule has 0 fully saturated rings. The van der Waals surface area contributed by atoms with Gasteiger partial charge in [0.25, 0.3) is 5.56 Å². The van der Waals surface area contributed by atoms with Gasteiger partial charge in [0.05, 0.1) is 11.7 Å². The zero-order valence-electron chi connectivity index (χ0n) is 13.3. The van der Waals surface area contributed by atoms with Crippen LogP contribution in [0.25, 0.3) is 10.2 Å². The second-order valence-electron chi connectivity index (χ2n) is 5.61. The van der Waals surface area contributed by atoms with E-state index < -0.39 is 0 Å². The van der Waals surface area contributed by atoms with E-state index in [2.05, 4.69) is 29.3 Å². The Morgan fingerprint density at radius 2 is 2.10 bits per heavy atom. The largest absolute Gasteiger partial charge is 0.315 e. The first-order valence-corrected chi connectivity index (χ1v) is 8.13. The number of aryl methyl sites for hydroxylation is 2. The monoisotopic (exact) mass is 308 g/mol. The SMILES string of the molecule is Cc1sc2ncn(CCNCCCN(C)C)c(=O)c2c1C. The molecular formula is C15H24N4OS. The van der Waals surface area contributed by atoms with Gasteiger partial charge in [-0.15, -0.1) is 11.3 Å². The van der Waals surface area contributed by atoms with E-state index in [1.54, 1.807) is 22.2 Å². The lowest BCUT2D eigenvalue weighted by Crippen LogP contribution is -2.28. The third-order valence-electron chi connectivity index (χ3n) is 3.64. The summed E-state index contributed by atoms with van der Waals surface area (Å²) in [6.45, 7) is 7.55. The van der Waals surface area contributed by atoms with Gasteiger partial charge < -0.3 is 10.2 Å². The van der Waals surface area contributed by atoms with Crippen LogP contribution in [-0.4, -0.2) is 48.2 Å². The van der Waals surface area contributed by atoms with Gasteiger partial charge in [-0.25, -0.2) is 4.98 Å². The van der Waals surface area contributed by atoms with Crippen molar-refractivity contribution in [2.24, 2.45) is 0 Å². The van der Waals surface area contributed by atoms with Crippen molar-refractivity contribution < 1.29 is 0 Å². The summed E-state index contributed by atoms with van der Waals surface area (Å²) in [4.78, 5) is 21.1. The highest BCUT2D eigenvalue weighted by molar-refractivity contribution is 7.18. The fourth-order valence-electron chi connectivity index (χ4n) is 2.27. The van der Waals surface area contributed by atoms with Gasteiger partial charge in [0.1, 0.15) is 4.83 Å². The van der Waals surface area contributed by atoms with Crippen LogP contribution in [0.15, 0.2) is 11.1 Å². The number of aromatic nitrogens is 2. The minimum atomic E-state index is 0.0805. The topological polar surface area (TPSA) is 50.2 Å². The molecule has 2 rings (SSSR count). The highest BCUT2D eigenvalue weighted by atomic mass is 32.1. The molecule has 0 aromatic carbocycles. The lowest BCUT2D eigenvalue weighted by molar-refractivity contribution is 0.393. The minimum Gasteiger partial charge on any atom is -0.315 e. The predicted molar refractivity (Wildman–Crippen MR) is 89.4 cm³/mol. The number of nitrogens with one attached hydrogen (secondary N) is 1. The zero-order chi connectivity index (χ0) is 15.4. The van der Waals surface area contributed by atoms with E-state index in [1.165, 1.54) is 4.88 Å². The number of thiophene rings is 1. The summed E-state index contributed by atoms with van der Waals surface area (Å²) in [5.74, 6) is 0. The summed E-state index contributed by atoms with van der Waals surface area (Å²) in [5.41, 5.74) is 1.15.